The first-order valence-corrected chi connectivity index (χ1v) is 7.04. The average molecular weight is 245 g/mol. The monoisotopic (exact) mass is 245 g/mol. The van der Waals surface area contributed by atoms with E-state index in [1.165, 1.54) is 24.6 Å². The molecular formula is C10H19NO4Si. The van der Waals surface area contributed by atoms with Crippen LogP contribution in [-0.4, -0.2) is 41.5 Å². The highest BCUT2D eigenvalue weighted by Crippen LogP contribution is 1.94. The van der Waals surface area contributed by atoms with Crippen molar-refractivity contribution in [2.45, 2.75) is 25.3 Å². The van der Waals surface area contributed by atoms with E-state index < -0.39 is 0 Å². The molecule has 0 saturated carbocycles. The number of carbonyl (C=O) groups is 2. The second-order valence-electron chi connectivity index (χ2n) is 3.23. The SMILES string of the molecule is CCC[SiH2]C(OC)OC.O=C1C=CC(=O)N1. The minimum atomic E-state index is -0.329. The van der Waals surface area contributed by atoms with E-state index in [2.05, 4.69) is 6.92 Å². The van der Waals surface area contributed by atoms with Crippen molar-refractivity contribution in [1.29, 1.82) is 0 Å². The van der Waals surface area contributed by atoms with Crippen molar-refractivity contribution >= 4 is 21.3 Å². The van der Waals surface area contributed by atoms with E-state index in [1.54, 1.807) is 14.2 Å². The van der Waals surface area contributed by atoms with E-state index >= 15 is 0 Å². The van der Waals surface area contributed by atoms with Gasteiger partial charge in [0.1, 0.15) is 5.91 Å². The minimum Gasteiger partial charge on any atom is -0.360 e. The molecule has 1 rings (SSSR count). The molecule has 0 unspecified atom stereocenters. The Hall–Kier alpha value is -0.983. The zero-order valence-electron chi connectivity index (χ0n) is 9.99. The van der Waals surface area contributed by atoms with Gasteiger partial charge in [-0.1, -0.05) is 19.4 Å². The molecule has 0 radical (unpaired) electrons. The second-order valence-corrected chi connectivity index (χ2v) is 5.18. The highest BCUT2D eigenvalue weighted by Gasteiger charge is 2.06. The number of hydrogen-bond acceptors (Lipinski definition) is 4. The lowest BCUT2D eigenvalue weighted by molar-refractivity contribution is -0.123. The van der Waals surface area contributed by atoms with Crippen LogP contribution in [0.5, 0.6) is 0 Å². The van der Waals surface area contributed by atoms with Crippen LogP contribution in [0.15, 0.2) is 12.2 Å². The van der Waals surface area contributed by atoms with Crippen molar-refractivity contribution < 1.29 is 19.1 Å². The van der Waals surface area contributed by atoms with Crippen LogP contribution in [0, 0.1) is 0 Å². The van der Waals surface area contributed by atoms with Gasteiger partial charge in [-0.15, -0.1) is 0 Å². The third-order valence-corrected chi connectivity index (χ3v) is 4.21. The van der Waals surface area contributed by atoms with Crippen LogP contribution in [0.1, 0.15) is 13.3 Å². The Balaban J connectivity index is 0.000000288. The summed E-state index contributed by atoms with van der Waals surface area (Å²) in [5.41, 5.74) is 0. The number of carbonyl (C=O) groups excluding carboxylic acids is 2. The maximum absolute atomic E-state index is 10.0. The molecule has 0 aromatic rings. The second kappa shape index (κ2) is 9.26. The summed E-state index contributed by atoms with van der Waals surface area (Å²) in [6.07, 6.45) is 3.65. The Bertz CT molecular complexity index is 235. The van der Waals surface area contributed by atoms with Crippen molar-refractivity contribution in [3.05, 3.63) is 12.2 Å². The summed E-state index contributed by atoms with van der Waals surface area (Å²) in [6, 6.07) is 1.31. The molecule has 1 heterocycles. The molecule has 1 aliphatic rings. The Morgan fingerprint density at radius 3 is 2.00 bits per heavy atom. The van der Waals surface area contributed by atoms with Gasteiger partial charge in [0.15, 0.2) is 0 Å². The number of rotatable bonds is 5. The summed E-state index contributed by atoms with van der Waals surface area (Å²) in [5, 5.41) is 2.03. The molecule has 92 valence electrons. The van der Waals surface area contributed by atoms with Crippen LogP contribution < -0.4 is 5.32 Å². The quantitative estimate of drug-likeness (QED) is 0.412. The van der Waals surface area contributed by atoms with Crippen LogP contribution >= 0.6 is 0 Å². The molecule has 0 fully saturated rings. The van der Waals surface area contributed by atoms with E-state index in [4.69, 9.17) is 9.47 Å². The van der Waals surface area contributed by atoms with Gasteiger partial charge < -0.3 is 9.47 Å². The molecule has 0 aliphatic carbocycles. The van der Waals surface area contributed by atoms with Gasteiger partial charge in [-0.3, -0.25) is 14.9 Å². The standard InChI is InChI=1S/C6H16O2Si.C4H3NO2/c1-4-5-9-6(7-2)8-3;6-3-1-2-4(7)5-3/h6H,4-5,9H2,1-3H3;1-2H,(H,5,6,7). The smallest absolute Gasteiger partial charge is 0.250 e. The fraction of sp³-hybridized carbons (Fsp3) is 0.600. The van der Waals surface area contributed by atoms with Crippen molar-refractivity contribution in [3.8, 4) is 0 Å². The largest absolute Gasteiger partial charge is 0.360 e. The Morgan fingerprint density at radius 2 is 1.75 bits per heavy atom. The summed E-state index contributed by atoms with van der Waals surface area (Å²) < 4.78 is 10.1. The molecule has 0 aromatic carbocycles. The predicted octanol–water partition coefficient (Wildman–Crippen LogP) is -0.241. The number of ether oxygens (including phenoxy) is 2. The van der Waals surface area contributed by atoms with Crippen LogP contribution in [0.25, 0.3) is 0 Å². The molecule has 16 heavy (non-hydrogen) atoms. The Kier molecular flexibility index (Phi) is 8.69. The summed E-state index contributed by atoms with van der Waals surface area (Å²) in [4.78, 5) is 20.1. The number of methoxy groups -OCH3 is 2. The predicted molar refractivity (Wildman–Crippen MR) is 63.7 cm³/mol. The molecule has 2 amide bonds. The third kappa shape index (κ3) is 7.33. The van der Waals surface area contributed by atoms with Gasteiger partial charge in [0.25, 0.3) is 11.8 Å². The van der Waals surface area contributed by atoms with Gasteiger partial charge in [-0.25, -0.2) is 0 Å². The van der Waals surface area contributed by atoms with Crippen molar-refractivity contribution in [3.63, 3.8) is 0 Å². The van der Waals surface area contributed by atoms with Gasteiger partial charge >= 0.3 is 0 Å². The van der Waals surface area contributed by atoms with Crippen LogP contribution in [0.2, 0.25) is 6.04 Å². The fourth-order valence-corrected chi connectivity index (χ4v) is 2.27. The zero-order chi connectivity index (χ0) is 12.4. The Labute approximate surface area is 98.0 Å². The summed E-state index contributed by atoms with van der Waals surface area (Å²) in [5.74, 6) is -0.514. The van der Waals surface area contributed by atoms with Gasteiger partial charge in [-0.2, -0.15) is 0 Å². The molecule has 0 saturated heterocycles. The van der Waals surface area contributed by atoms with Crippen LogP contribution in [0.4, 0.5) is 0 Å². The van der Waals surface area contributed by atoms with E-state index in [9.17, 15) is 9.59 Å². The normalized spacial score (nSPS) is 14.5. The highest BCUT2D eigenvalue weighted by molar-refractivity contribution is 6.36. The van der Waals surface area contributed by atoms with Crippen molar-refractivity contribution in [2.24, 2.45) is 0 Å². The lowest BCUT2D eigenvalue weighted by atomic mass is 10.6. The van der Waals surface area contributed by atoms with Gasteiger partial charge in [0.2, 0.25) is 0 Å². The highest BCUT2D eigenvalue weighted by atomic mass is 28.2. The van der Waals surface area contributed by atoms with E-state index in [-0.39, 0.29) is 27.2 Å². The molecule has 0 atom stereocenters. The maximum atomic E-state index is 10.0. The van der Waals surface area contributed by atoms with Crippen LogP contribution in [0.3, 0.4) is 0 Å². The first kappa shape index (κ1) is 15.0. The van der Waals surface area contributed by atoms with E-state index in [0.717, 1.165) is 0 Å². The average Bonchev–Trinajstić information content (AvgIpc) is 2.65. The molecule has 6 heteroatoms. The van der Waals surface area contributed by atoms with Gasteiger partial charge in [0, 0.05) is 26.4 Å². The topological polar surface area (TPSA) is 64.6 Å². The zero-order valence-corrected chi connectivity index (χ0v) is 11.4. The fourth-order valence-electron chi connectivity index (χ4n) is 1.06. The number of imide groups is 1. The van der Waals surface area contributed by atoms with E-state index in [0.29, 0.717) is 0 Å². The van der Waals surface area contributed by atoms with Crippen molar-refractivity contribution in [1.82, 2.24) is 5.32 Å². The molecule has 0 aromatic heterocycles. The lowest BCUT2D eigenvalue weighted by Gasteiger charge is -2.10. The minimum absolute atomic E-state index is 0.119. The molecule has 1 N–H and O–H groups in total. The molecule has 0 bridgehead atoms. The number of nitrogens with one attached hydrogen (secondary N) is 1. The number of hydrogen-bond donors (Lipinski definition) is 1. The van der Waals surface area contributed by atoms with Gasteiger partial charge in [0.05, 0.1) is 9.52 Å². The summed E-state index contributed by atoms with van der Waals surface area (Å²) >= 11 is 0. The maximum Gasteiger partial charge on any atom is 0.250 e. The van der Waals surface area contributed by atoms with E-state index in [1.807, 2.05) is 5.32 Å². The third-order valence-electron chi connectivity index (χ3n) is 1.95. The first-order valence-electron chi connectivity index (χ1n) is 5.22. The van der Waals surface area contributed by atoms with Crippen LogP contribution in [-0.2, 0) is 19.1 Å². The van der Waals surface area contributed by atoms with Gasteiger partial charge in [-0.05, 0) is 0 Å². The summed E-state index contributed by atoms with van der Waals surface area (Å²) in [6.45, 7) is 2.19. The Morgan fingerprint density at radius 1 is 1.25 bits per heavy atom. The first-order chi connectivity index (χ1) is 7.63. The molecule has 1 aliphatic heterocycles. The molecule has 5 nitrogen and oxygen atoms in total. The molecular weight excluding hydrogens is 226 g/mol. The van der Waals surface area contributed by atoms with Crippen molar-refractivity contribution in [2.75, 3.05) is 14.2 Å². The molecule has 0 spiro atoms. The lowest BCUT2D eigenvalue weighted by Crippen LogP contribution is -2.20. The summed E-state index contributed by atoms with van der Waals surface area (Å²) in [7, 11) is 3.29. The number of amides is 2.